The van der Waals surface area contributed by atoms with Gasteiger partial charge in [0.1, 0.15) is 0 Å². The van der Waals surface area contributed by atoms with Crippen LogP contribution in [0.3, 0.4) is 0 Å². The lowest BCUT2D eigenvalue weighted by atomic mass is 10.2. The Labute approximate surface area is 116 Å². The fourth-order valence-electron chi connectivity index (χ4n) is 2.84. The van der Waals surface area contributed by atoms with Gasteiger partial charge in [0.2, 0.25) is 0 Å². The zero-order chi connectivity index (χ0) is 13.7. The molecular weight excluding hydrogens is 236 g/mol. The van der Waals surface area contributed by atoms with Gasteiger partial charge in [0.15, 0.2) is 0 Å². The van der Waals surface area contributed by atoms with Gasteiger partial charge in [0.05, 0.1) is 11.4 Å². The summed E-state index contributed by atoms with van der Waals surface area (Å²) in [6.07, 6.45) is 2.63. The van der Waals surface area contributed by atoms with Gasteiger partial charge in [-0.05, 0) is 52.7 Å². The molecule has 1 aromatic rings. The summed E-state index contributed by atoms with van der Waals surface area (Å²) in [7, 11) is 6.27. The molecule has 19 heavy (non-hydrogen) atoms. The van der Waals surface area contributed by atoms with Crippen LogP contribution in [0.5, 0.6) is 0 Å². The first kappa shape index (κ1) is 14.4. The summed E-state index contributed by atoms with van der Waals surface area (Å²) in [4.78, 5) is 9.58. The molecule has 1 aliphatic heterocycles. The Morgan fingerprint density at radius 1 is 1.37 bits per heavy atom. The third-order valence-corrected chi connectivity index (χ3v) is 3.66. The van der Waals surface area contributed by atoms with Crippen molar-refractivity contribution in [3.63, 3.8) is 0 Å². The van der Waals surface area contributed by atoms with Crippen LogP contribution >= 0.6 is 0 Å². The van der Waals surface area contributed by atoms with Crippen LogP contribution in [-0.2, 0) is 13.1 Å². The summed E-state index contributed by atoms with van der Waals surface area (Å²) >= 11 is 0. The minimum atomic E-state index is 0.685. The van der Waals surface area contributed by atoms with Crippen LogP contribution in [-0.4, -0.2) is 55.1 Å². The molecule has 4 heteroatoms. The molecule has 0 spiro atoms. The molecule has 0 aromatic carbocycles. The second-order valence-electron chi connectivity index (χ2n) is 5.68. The monoisotopic (exact) mass is 262 g/mol. The van der Waals surface area contributed by atoms with Crippen LogP contribution in [0.25, 0.3) is 0 Å². The Morgan fingerprint density at radius 2 is 2.16 bits per heavy atom. The maximum Gasteiger partial charge on any atom is 0.0547 e. The summed E-state index contributed by atoms with van der Waals surface area (Å²) in [6, 6.07) is 7.03. The molecule has 0 amide bonds. The molecule has 0 bridgehead atoms. The Bertz CT molecular complexity index is 391. The standard InChI is InChI=1S/C15H26N4/c1-16-10-13-6-4-7-14(17-13)11-19-9-5-8-15(19)12-18(2)3/h4,6-7,15-16H,5,8-12H2,1-3H3. The number of aromatic nitrogens is 1. The highest BCUT2D eigenvalue weighted by Crippen LogP contribution is 2.20. The second kappa shape index (κ2) is 6.98. The van der Waals surface area contributed by atoms with Gasteiger partial charge in [0.25, 0.3) is 0 Å². The van der Waals surface area contributed by atoms with E-state index in [9.17, 15) is 0 Å². The molecule has 2 rings (SSSR count). The number of likely N-dealkylation sites (tertiary alicyclic amines) is 1. The average molecular weight is 262 g/mol. The van der Waals surface area contributed by atoms with Crippen molar-refractivity contribution < 1.29 is 0 Å². The SMILES string of the molecule is CNCc1cccc(CN2CCCC2CN(C)C)n1. The van der Waals surface area contributed by atoms with Gasteiger partial charge in [0, 0.05) is 25.7 Å². The van der Waals surface area contributed by atoms with E-state index in [2.05, 4.69) is 47.4 Å². The van der Waals surface area contributed by atoms with Crippen molar-refractivity contribution >= 4 is 0 Å². The molecule has 1 aliphatic rings. The van der Waals surface area contributed by atoms with Gasteiger partial charge in [-0.1, -0.05) is 6.07 Å². The first-order chi connectivity index (χ1) is 9.19. The topological polar surface area (TPSA) is 31.4 Å². The van der Waals surface area contributed by atoms with E-state index in [0.717, 1.165) is 25.3 Å². The smallest absolute Gasteiger partial charge is 0.0547 e. The van der Waals surface area contributed by atoms with E-state index < -0.39 is 0 Å². The minimum absolute atomic E-state index is 0.685. The van der Waals surface area contributed by atoms with E-state index in [0.29, 0.717) is 6.04 Å². The number of hydrogen-bond donors (Lipinski definition) is 1. The molecule has 1 aromatic heterocycles. The zero-order valence-corrected chi connectivity index (χ0v) is 12.4. The van der Waals surface area contributed by atoms with Crippen molar-refractivity contribution in [2.24, 2.45) is 0 Å². The molecule has 106 valence electrons. The van der Waals surface area contributed by atoms with Crippen LogP contribution in [0.2, 0.25) is 0 Å². The summed E-state index contributed by atoms with van der Waals surface area (Å²) in [5.74, 6) is 0. The van der Waals surface area contributed by atoms with E-state index in [4.69, 9.17) is 4.98 Å². The largest absolute Gasteiger partial charge is 0.314 e. The maximum absolute atomic E-state index is 4.72. The van der Waals surface area contributed by atoms with Gasteiger partial charge in [-0.3, -0.25) is 9.88 Å². The lowest BCUT2D eigenvalue weighted by molar-refractivity contribution is 0.199. The lowest BCUT2D eigenvalue weighted by Crippen LogP contribution is -2.37. The van der Waals surface area contributed by atoms with E-state index in [1.165, 1.54) is 25.1 Å². The number of nitrogens with one attached hydrogen (secondary N) is 1. The number of hydrogen-bond acceptors (Lipinski definition) is 4. The Kier molecular flexibility index (Phi) is 5.31. The minimum Gasteiger partial charge on any atom is -0.314 e. The van der Waals surface area contributed by atoms with Gasteiger partial charge >= 0.3 is 0 Å². The quantitative estimate of drug-likeness (QED) is 0.838. The molecule has 2 heterocycles. The highest BCUT2D eigenvalue weighted by molar-refractivity contribution is 5.11. The first-order valence-electron chi connectivity index (χ1n) is 7.17. The first-order valence-corrected chi connectivity index (χ1v) is 7.17. The third kappa shape index (κ3) is 4.27. The molecule has 0 radical (unpaired) electrons. The Balaban J connectivity index is 1.97. The molecular formula is C15H26N4. The summed E-state index contributed by atoms with van der Waals surface area (Å²) in [5, 5.41) is 3.16. The molecule has 0 aliphatic carbocycles. The van der Waals surface area contributed by atoms with Crippen molar-refractivity contribution in [1.29, 1.82) is 0 Å². The van der Waals surface area contributed by atoms with Gasteiger partial charge < -0.3 is 10.2 Å². The predicted octanol–water partition coefficient (Wildman–Crippen LogP) is 1.33. The molecule has 1 saturated heterocycles. The van der Waals surface area contributed by atoms with Crippen molar-refractivity contribution in [2.75, 3.05) is 34.2 Å². The van der Waals surface area contributed by atoms with Crippen LogP contribution < -0.4 is 5.32 Å². The van der Waals surface area contributed by atoms with Crippen LogP contribution in [0.1, 0.15) is 24.2 Å². The highest BCUT2D eigenvalue weighted by atomic mass is 15.2. The molecule has 1 unspecified atom stereocenters. The lowest BCUT2D eigenvalue weighted by Gasteiger charge is -2.26. The van der Waals surface area contributed by atoms with Gasteiger partial charge in [-0.2, -0.15) is 0 Å². The van der Waals surface area contributed by atoms with E-state index >= 15 is 0 Å². The predicted molar refractivity (Wildman–Crippen MR) is 79.0 cm³/mol. The van der Waals surface area contributed by atoms with Gasteiger partial charge in [-0.25, -0.2) is 0 Å². The molecule has 1 fully saturated rings. The molecule has 1 N–H and O–H groups in total. The molecule has 1 atom stereocenters. The number of pyridine rings is 1. The van der Waals surface area contributed by atoms with E-state index in [1.54, 1.807) is 0 Å². The molecule has 4 nitrogen and oxygen atoms in total. The summed E-state index contributed by atoms with van der Waals surface area (Å²) in [5.41, 5.74) is 2.32. The normalized spacial score (nSPS) is 20.3. The number of nitrogens with zero attached hydrogens (tertiary/aromatic N) is 3. The van der Waals surface area contributed by atoms with Crippen molar-refractivity contribution in [3.8, 4) is 0 Å². The fourth-order valence-corrected chi connectivity index (χ4v) is 2.84. The highest BCUT2D eigenvalue weighted by Gasteiger charge is 2.25. The van der Waals surface area contributed by atoms with E-state index in [1.807, 2.05) is 7.05 Å². The van der Waals surface area contributed by atoms with Crippen molar-refractivity contribution in [1.82, 2.24) is 20.1 Å². The third-order valence-electron chi connectivity index (χ3n) is 3.66. The fraction of sp³-hybridized carbons (Fsp3) is 0.667. The van der Waals surface area contributed by atoms with E-state index in [-0.39, 0.29) is 0 Å². The maximum atomic E-state index is 4.72. The number of rotatable bonds is 6. The van der Waals surface area contributed by atoms with Crippen LogP contribution in [0.15, 0.2) is 18.2 Å². The van der Waals surface area contributed by atoms with Gasteiger partial charge in [-0.15, -0.1) is 0 Å². The van der Waals surface area contributed by atoms with Crippen molar-refractivity contribution in [2.45, 2.75) is 32.0 Å². The average Bonchev–Trinajstić information content (AvgIpc) is 2.77. The summed E-state index contributed by atoms with van der Waals surface area (Å²) in [6.45, 7) is 4.18. The second-order valence-corrected chi connectivity index (χ2v) is 5.68. The zero-order valence-electron chi connectivity index (χ0n) is 12.4. The summed E-state index contributed by atoms with van der Waals surface area (Å²) < 4.78 is 0. The molecule has 0 saturated carbocycles. The Morgan fingerprint density at radius 3 is 2.89 bits per heavy atom. The van der Waals surface area contributed by atoms with Crippen LogP contribution in [0.4, 0.5) is 0 Å². The number of likely N-dealkylation sites (N-methyl/N-ethyl adjacent to an activating group) is 1. The Hall–Kier alpha value is -0.970. The van der Waals surface area contributed by atoms with Crippen molar-refractivity contribution in [3.05, 3.63) is 29.6 Å². The van der Waals surface area contributed by atoms with Crippen LogP contribution in [0, 0.1) is 0 Å².